The number of halogens is 1. The fourth-order valence-electron chi connectivity index (χ4n) is 2.90. The number of hydrogen-bond donors (Lipinski definition) is 1. The molecule has 0 radical (unpaired) electrons. The van der Waals surface area contributed by atoms with Gasteiger partial charge in [0.15, 0.2) is 0 Å². The summed E-state index contributed by atoms with van der Waals surface area (Å²) in [5.41, 5.74) is 6.76. The van der Waals surface area contributed by atoms with Gasteiger partial charge in [-0.2, -0.15) is 4.31 Å². The largest absolute Gasteiger partial charge is 0.338 e. The Morgan fingerprint density at radius 1 is 0.962 bits per heavy atom. The van der Waals surface area contributed by atoms with E-state index in [1.54, 1.807) is 17.0 Å². The Kier molecular flexibility index (Phi) is 5.36. The van der Waals surface area contributed by atoms with E-state index in [-0.39, 0.29) is 37.0 Å². The summed E-state index contributed by atoms with van der Waals surface area (Å²) in [5.74, 6) is -0.718. The molecule has 0 aromatic heterocycles. The molecule has 1 amide bonds. The Balaban J connectivity index is 1.65. The van der Waals surface area contributed by atoms with Crippen molar-refractivity contribution < 1.29 is 17.6 Å². The van der Waals surface area contributed by atoms with Crippen molar-refractivity contribution in [3.63, 3.8) is 0 Å². The van der Waals surface area contributed by atoms with Crippen molar-refractivity contribution in [2.75, 3.05) is 26.2 Å². The van der Waals surface area contributed by atoms with E-state index in [1.807, 2.05) is 18.2 Å². The summed E-state index contributed by atoms with van der Waals surface area (Å²) in [5, 5.41) is 0. The highest BCUT2D eigenvalue weighted by atomic mass is 32.2. The van der Waals surface area contributed by atoms with E-state index in [0.29, 0.717) is 0 Å². The molecule has 6 nitrogen and oxygen atoms in total. The summed E-state index contributed by atoms with van der Waals surface area (Å²) >= 11 is 0. The molecule has 3 rings (SSSR count). The molecule has 2 N–H and O–H groups in total. The Bertz CT molecular complexity index is 864. The van der Waals surface area contributed by atoms with Crippen LogP contribution in [0.3, 0.4) is 0 Å². The van der Waals surface area contributed by atoms with E-state index < -0.39 is 21.9 Å². The molecule has 0 saturated carbocycles. The molecule has 1 atom stereocenters. The molecule has 0 bridgehead atoms. The minimum atomic E-state index is -3.70. The average Bonchev–Trinajstić information content (AvgIpc) is 2.68. The van der Waals surface area contributed by atoms with Crippen LogP contribution in [-0.4, -0.2) is 49.7 Å². The minimum absolute atomic E-state index is 0.0414. The molecule has 26 heavy (non-hydrogen) atoms. The number of piperazine rings is 1. The number of carbonyl (C=O) groups is 1. The van der Waals surface area contributed by atoms with E-state index in [1.165, 1.54) is 16.4 Å². The number of rotatable bonds is 4. The van der Waals surface area contributed by atoms with Crippen LogP contribution in [0.4, 0.5) is 4.39 Å². The van der Waals surface area contributed by atoms with Crippen LogP contribution in [0.15, 0.2) is 59.5 Å². The summed E-state index contributed by atoms with van der Waals surface area (Å²) in [4.78, 5) is 14.2. The molecular weight excluding hydrogens is 357 g/mol. The van der Waals surface area contributed by atoms with Gasteiger partial charge < -0.3 is 10.6 Å². The fourth-order valence-corrected chi connectivity index (χ4v) is 4.33. The second-order valence-corrected chi connectivity index (χ2v) is 8.01. The molecule has 0 spiro atoms. The van der Waals surface area contributed by atoms with Crippen LogP contribution >= 0.6 is 0 Å². The van der Waals surface area contributed by atoms with Crippen LogP contribution in [0.5, 0.6) is 0 Å². The minimum Gasteiger partial charge on any atom is -0.338 e. The molecule has 2 aromatic rings. The van der Waals surface area contributed by atoms with Gasteiger partial charge in [-0.15, -0.1) is 0 Å². The molecule has 138 valence electrons. The van der Waals surface area contributed by atoms with Crippen molar-refractivity contribution in [2.45, 2.75) is 10.9 Å². The zero-order chi connectivity index (χ0) is 18.7. The van der Waals surface area contributed by atoms with Crippen molar-refractivity contribution in [1.82, 2.24) is 9.21 Å². The molecule has 1 heterocycles. The maximum absolute atomic E-state index is 13.0. The monoisotopic (exact) mass is 377 g/mol. The highest BCUT2D eigenvalue weighted by Crippen LogP contribution is 2.20. The van der Waals surface area contributed by atoms with Crippen LogP contribution in [0.25, 0.3) is 0 Å². The maximum atomic E-state index is 13.0. The van der Waals surface area contributed by atoms with Crippen LogP contribution < -0.4 is 5.73 Å². The molecule has 2 aromatic carbocycles. The van der Waals surface area contributed by atoms with E-state index >= 15 is 0 Å². The molecular formula is C18H20FN3O3S. The van der Waals surface area contributed by atoms with Crippen molar-refractivity contribution in [3.8, 4) is 0 Å². The Morgan fingerprint density at radius 3 is 2.12 bits per heavy atom. The lowest BCUT2D eigenvalue weighted by Gasteiger charge is -2.35. The predicted octanol–water partition coefficient (Wildman–Crippen LogP) is 1.36. The van der Waals surface area contributed by atoms with Crippen LogP contribution in [0.1, 0.15) is 11.6 Å². The van der Waals surface area contributed by atoms with E-state index in [2.05, 4.69) is 0 Å². The lowest BCUT2D eigenvalue weighted by molar-refractivity contribution is -0.133. The Hall–Kier alpha value is -2.29. The molecule has 1 fully saturated rings. The van der Waals surface area contributed by atoms with Crippen molar-refractivity contribution in [2.24, 2.45) is 5.73 Å². The number of carbonyl (C=O) groups excluding carboxylic acids is 1. The first-order valence-corrected chi connectivity index (χ1v) is 9.68. The summed E-state index contributed by atoms with van der Waals surface area (Å²) < 4.78 is 39.5. The Morgan fingerprint density at radius 2 is 1.54 bits per heavy atom. The van der Waals surface area contributed by atoms with E-state index in [4.69, 9.17) is 5.73 Å². The van der Waals surface area contributed by atoms with E-state index in [0.717, 1.165) is 17.7 Å². The highest BCUT2D eigenvalue weighted by molar-refractivity contribution is 7.89. The number of benzene rings is 2. The number of nitrogens with two attached hydrogens (primary N) is 1. The molecule has 1 aliphatic heterocycles. The summed E-state index contributed by atoms with van der Waals surface area (Å²) in [6.07, 6.45) is 0. The van der Waals surface area contributed by atoms with Gasteiger partial charge in [-0.1, -0.05) is 30.3 Å². The van der Waals surface area contributed by atoms with Gasteiger partial charge in [0.25, 0.3) is 0 Å². The van der Waals surface area contributed by atoms with Gasteiger partial charge in [-0.25, -0.2) is 12.8 Å². The molecule has 1 saturated heterocycles. The van der Waals surface area contributed by atoms with Gasteiger partial charge in [0.2, 0.25) is 15.9 Å². The second-order valence-electron chi connectivity index (χ2n) is 6.07. The quantitative estimate of drug-likeness (QED) is 0.872. The number of hydrogen-bond acceptors (Lipinski definition) is 4. The van der Waals surface area contributed by atoms with Gasteiger partial charge in [-0.3, -0.25) is 4.79 Å². The molecule has 0 aliphatic carbocycles. The predicted molar refractivity (Wildman–Crippen MR) is 95.1 cm³/mol. The molecule has 1 aliphatic rings. The van der Waals surface area contributed by atoms with Crippen molar-refractivity contribution >= 4 is 15.9 Å². The third kappa shape index (κ3) is 3.77. The Labute approximate surface area is 152 Å². The van der Waals surface area contributed by atoms with Crippen LogP contribution in [0.2, 0.25) is 0 Å². The standard InChI is InChI=1S/C18H20FN3O3S/c19-15-6-8-16(9-7-15)26(24,25)22-12-10-21(11-13-22)18(23)17(20)14-4-2-1-3-5-14/h1-9,17H,10-13,20H2. The smallest absolute Gasteiger partial charge is 0.244 e. The lowest BCUT2D eigenvalue weighted by Crippen LogP contribution is -2.52. The zero-order valence-corrected chi connectivity index (χ0v) is 14.9. The van der Waals surface area contributed by atoms with E-state index in [9.17, 15) is 17.6 Å². The van der Waals surface area contributed by atoms with Gasteiger partial charge in [0.1, 0.15) is 11.9 Å². The third-order valence-corrected chi connectivity index (χ3v) is 6.34. The van der Waals surface area contributed by atoms with Crippen LogP contribution in [-0.2, 0) is 14.8 Å². The third-order valence-electron chi connectivity index (χ3n) is 4.43. The van der Waals surface area contributed by atoms with Crippen molar-refractivity contribution in [1.29, 1.82) is 0 Å². The topological polar surface area (TPSA) is 83.7 Å². The lowest BCUT2D eigenvalue weighted by atomic mass is 10.1. The normalized spacial score (nSPS) is 17.1. The number of amides is 1. The summed E-state index contributed by atoms with van der Waals surface area (Å²) in [7, 11) is -3.70. The first kappa shape index (κ1) is 18.5. The average molecular weight is 377 g/mol. The number of nitrogens with zero attached hydrogens (tertiary/aromatic N) is 2. The molecule has 1 unspecified atom stereocenters. The molecule has 8 heteroatoms. The highest BCUT2D eigenvalue weighted by Gasteiger charge is 2.31. The fraction of sp³-hybridized carbons (Fsp3) is 0.278. The summed E-state index contributed by atoms with van der Waals surface area (Å²) in [6, 6.07) is 13.0. The van der Waals surface area contributed by atoms with Crippen LogP contribution in [0, 0.1) is 5.82 Å². The first-order chi connectivity index (χ1) is 12.4. The SMILES string of the molecule is NC(C(=O)N1CCN(S(=O)(=O)c2ccc(F)cc2)CC1)c1ccccc1. The first-order valence-electron chi connectivity index (χ1n) is 8.24. The van der Waals surface area contributed by atoms with Gasteiger partial charge in [-0.05, 0) is 29.8 Å². The number of sulfonamides is 1. The second kappa shape index (κ2) is 7.53. The zero-order valence-electron chi connectivity index (χ0n) is 14.1. The van der Waals surface area contributed by atoms with Gasteiger partial charge in [0.05, 0.1) is 4.90 Å². The van der Waals surface area contributed by atoms with Crippen molar-refractivity contribution in [3.05, 3.63) is 66.0 Å². The maximum Gasteiger partial charge on any atom is 0.244 e. The van der Waals surface area contributed by atoms with Gasteiger partial charge >= 0.3 is 0 Å². The summed E-state index contributed by atoms with van der Waals surface area (Å²) in [6.45, 7) is 0.875. The van der Waals surface area contributed by atoms with Gasteiger partial charge in [0, 0.05) is 26.2 Å².